The van der Waals surface area contributed by atoms with Crippen LogP contribution in [0.3, 0.4) is 0 Å². The second-order valence-electron chi connectivity index (χ2n) is 15.8. The molecule has 68 heavy (non-hydrogen) atoms. The topological polar surface area (TPSA) is 394 Å². The lowest BCUT2D eigenvalue weighted by Gasteiger charge is -2.29. The lowest BCUT2D eigenvalue weighted by Crippen LogP contribution is -3.00. The fourth-order valence-corrected chi connectivity index (χ4v) is 8.52. The second-order valence-corrected chi connectivity index (χ2v) is 20.0. The third kappa shape index (κ3) is 16.6. The molecule has 0 fully saturated rings. The number of aliphatic hydroxyl groups is 3. The number of nitrogens with one attached hydrogen (secondary N) is 7. The summed E-state index contributed by atoms with van der Waals surface area (Å²) < 4.78 is 0. The molecule has 0 saturated carbocycles. The number of H-pyrrole nitrogens is 1. The molecule has 24 nitrogen and oxygen atoms in total. The maximum absolute atomic E-state index is 13.8. The number of halogens is 1. The average molecular weight is 1120 g/mol. The molecule has 0 spiro atoms. The SMILES string of the molecule is Cc1c(N)nc(CNC[C@H](N)C(N)=O)nc1C(=O)N[C@H](C(=O)N[C@H](C)[C@@H](O)[C@H](C)C(=O)N[C@H](C(=O)NCCc1nc(-c2nc(C(=O)NCCC[S+](C)C)cs2)cs1)[C@@H](C)O)[C@@H](O)c1cnc[nH]1.[I-]. The Morgan fingerprint density at radius 3 is 2.24 bits per heavy atom. The molecule has 0 aromatic carbocycles. The van der Waals surface area contributed by atoms with Crippen molar-refractivity contribution in [2.75, 3.05) is 43.6 Å². The number of anilines is 1. The molecule has 0 aliphatic heterocycles. The first kappa shape index (κ1) is 57.4. The van der Waals surface area contributed by atoms with Gasteiger partial charge in [0.05, 0.1) is 72.5 Å². The Balaban J connectivity index is 0.0000122. The number of nitrogens with zero attached hydrogens (tertiary/aromatic N) is 5. The average Bonchev–Trinajstić information content (AvgIpc) is 4.09. The molecular formula is C40H60IN15O9S3. The van der Waals surface area contributed by atoms with Crippen LogP contribution < -0.4 is 73.1 Å². The number of aromatic amines is 1. The van der Waals surface area contributed by atoms with E-state index in [1.165, 1.54) is 62.9 Å². The molecule has 4 aromatic heterocycles. The highest BCUT2D eigenvalue weighted by molar-refractivity contribution is 7.95. The molecule has 0 radical (unpaired) electrons. The van der Waals surface area contributed by atoms with Gasteiger partial charge in [-0.15, -0.1) is 22.7 Å². The van der Waals surface area contributed by atoms with Gasteiger partial charge < -0.3 is 93.4 Å². The number of hydrogen-bond acceptors (Lipinski definition) is 19. The first-order valence-electron chi connectivity index (χ1n) is 21.0. The zero-order valence-electron chi connectivity index (χ0n) is 38.2. The molecule has 4 aromatic rings. The first-order chi connectivity index (χ1) is 31.7. The summed E-state index contributed by atoms with van der Waals surface area (Å²) in [5, 5.41) is 53.5. The number of nitrogens with two attached hydrogens (primary N) is 3. The number of amides is 6. The van der Waals surface area contributed by atoms with Gasteiger partial charge in [0.2, 0.25) is 23.6 Å². The van der Waals surface area contributed by atoms with E-state index in [4.69, 9.17) is 17.2 Å². The molecular weight excluding hydrogens is 1060 g/mol. The van der Waals surface area contributed by atoms with E-state index in [2.05, 4.69) is 74.3 Å². The van der Waals surface area contributed by atoms with Crippen molar-refractivity contribution in [2.24, 2.45) is 17.4 Å². The maximum atomic E-state index is 13.8. The zero-order chi connectivity index (χ0) is 49.5. The first-order valence-corrected chi connectivity index (χ1v) is 25.0. The van der Waals surface area contributed by atoms with Crippen LogP contribution in [0.5, 0.6) is 0 Å². The lowest BCUT2D eigenvalue weighted by atomic mass is 9.96. The summed E-state index contributed by atoms with van der Waals surface area (Å²) in [6, 6.07) is -5.33. The second kappa shape index (κ2) is 27.3. The number of carbonyl (C=O) groups is 6. The fraction of sp³-hybridized carbons (Fsp3) is 0.525. The Bertz CT molecular complexity index is 2320. The third-order valence-electron chi connectivity index (χ3n) is 10.2. The fourth-order valence-electron chi connectivity index (χ4n) is 6.18. The predicted octanol–water partition coefficient (Wildman–Crippen LogP) is -5.87. The number of hydrogen-bond donors (Lipinski definition) is 13. The Morgan fingerprint density at radius 1 is 0.868 bits per heavy atom. The van der Waals surface area contributed by atoms with Gasteiger partial charge in [0, 0.05) is 48.8 Å². The van der Waals surface area contributed by atoms with Crippen LogP contribution >= 0.6 is 22.7 Å². The van der Waals surface area contributed by atoms with Crippen LogP contribution in [0.25, 0.3) is 10.7 Å². The minimum atomic E-state index is -1.72. The van der Waals surface area contributed by atoms with Gasteiger partial charge in [-0.25, -0.2) is 24.9 Å². The van der Waals surface area contributed by atoms with Gasteiger partial charge in [-0.3, -0.25) is 28.8 Å². The van der Waals surface area contributed by atoms with E-state index < -0.39 is 77.9 Å². The minimum absolute atomic E-state index is 0. The van der Waals surface area contributed by atoms with Gasteiger partial charge in [0.25, 0.3) is 11.8 Å². The van der Waals surface area contributed by atoms with E-state index in [1.54, 1.807) is 10.8 Å². The molecule has 0 unspecified atom stereocenters. The molecule has 0 saturated heterocycles. The van der Waals surface area contributed by atoms with E-state index in [0.717, 1.165) is 12.2 Å². The molecule has 6 amide bonds. The van der Waals surface area contributed by atoms with Gasteiger partial charge in [-0.2, -0.15) is 0 Å². The molecule has 0 aliphatic rings. The predicted molar refractivity (Wildman–Crippen MR) is 252 cm³/mol. The van der Waals surface area contributed by atoms with E-state index in [-0.39, 0.29) is 78.1 Å². The summed E-state index contributed by atoms with van der Waals surface area (Å²) in [5.74, 6) is -4.66. The standard InChI is InChI=1S/C40H59N15O9S3.HI/c1-18-28(52-26(53-33(18)42)14-44-12-22(41)34(43)59)38(63)55-30(32(58)23-13-45-17-48-23)39(64)49-20(3)31(57)19(2)35(60)54-29(21(4)56)37(62)47-10-8-27-50-25(16-65-27)40-51-24(15-66-40)36(61)46-9-7-11-67(5)6;/h13,15-17,19-22,29-32,44,56-58H,7-12,14,41H2,1-6H3,(H9-,42,43,45,46,47,48,49,52,53,54,55,59,60,61,62,63,64);1H/t19-,20+,21+,22-,29-,30-,31-,32-;/m0./s1. The molecule has 4 heterocycles. The van der Waals surface area contributed by atoms with Gasteiger partial charge in [-0.1, -0.05) is 6.92 Å². The molecule has 4 rings (SSSR count). The highest BCUT2D eigenvalue weighted by atomic mass is 127. The van der Waals surface area contributed by atoms with Crippen molar-refractivity contribution in [3.63, 3.8) is 0 Å². The number of thiazole rings is 2. The largest absolute Gasteiger partial charge is 1.00 e. The van der Waals surface area contributed by atoms with Gasteiger partial charge in [0.15, 0.2) is 0 Å². The molecule has 28 heteroatoms. The van der Waals surface area contributed by atoms with Crippen LogP contribution in [0.2, 0.25) is 0 Å². The molecule has 374 valence electrons. The molecule has 0 aliphatic carbocycles. The van der Waals surface area contributed by atoms with Crippen molar-refractivity contribution in [1.82, 2.24) is 61.8 Å². The van der Waals surface area contributed by atoms with E-state index in [1.807, 2.05) is 0 Å². The van der Waals surface area contributed by atoms with Crippen LogP contribution in [-0.2, 0) is 43.0 Å². The van der Waals surface area contributed by atoms with Crippen molar-refractivity contribution in [1.29, 1.82) is 0 Å². The smallest absolute Gasteiger partial charge is 0.271 e. The summed E-state index contributed by atoms with van der Waals surface area (Å²) >= 11 is 2.64. The maximum Gasteiger partial charge on any atom is 0.271 e. The summed E-state index contributed by atoms with van der Waals surface area (Å²) in [7, 11) is 0.303. The quantitative estimate of drug-likeness (QED) is 0.0158. The van der Waals surface area contributed by atoms with Crippen molar-refractivity contribution in [2.45, 2.75) is 89.6 Å². The minimum Gasteiger partial charge on any atom is -1.00 e. The normalized spacial score (nSPS) is 14.8. The Kier molecular flexibility index (Phi) is 23.0. The van der Waals surface area contributed by atoms with Crippen molar-refractivity contribution in [3.05, 3.63) is 56.8 Å². The highest BCUT2D eigenvalue weighted by Gasteiger charge is 2.36. The third-order valence-corrected chi connectivity index (χ3v) is 13.1. The Hall–Kier alpha value is -4.95. The number of imidazole rings is 1. The number of carbonyl (C=O) groups excluding carboxylic acids is 6. The van der Waals surface area contributed by atoms with Crippen LogP contribution in [-0.4, -0.2) is 155 Å². The highest BCUT2D eigenvalue weighted by Crippen LogP contribution is 2.26. The van der Waals surface area contributed by atoms with E-state index in [9.17, 15) is 44.1 Å². The van der Waals surface area contributed by atoms with Crippen molar-refractivity contribution < 1.29 is 68.1 Å². The number of primary amides is 1. The van der Waals surface area contributed by atoms with E-state index in [0.29, 0.717) is 45.3 Å². The van der Waals surface area contributed by atoms with Gasteiger partial charge in [0.1, 0.15) is 57.7 Å². The van der Waals surface area contributed by atoms with E-state index >= 15 is 0 Å². The number of aromatic nitrogens is 6. The Morgan fingerprint density at radius 2 is 1.59 bits per heavy atom. The van der Waals surface area contributed by atoms with Crippen LogP contribution in [0.4, 0.5) is 5.82 Å². The summed E-state index contributed by atoms with van der Waals surface area (Å²) in [5.41, 5.74) is 17.8. The number of nitrogen functional groups attached to an aromatic ring is 1. The van der Waals surface area contributed by atoms with Crippen LogP contribution in [0.15, 0.2) is 23.3 Å². The van der Waals surface area contributed by atoms with Crippen LogP contribution in [0, 0.1) is 12.8 Å². The Labute approximate surface area is 420 Å². The molecule has 0 bridgehead atoms. The summed E-state index contributed by atoms with van der Waals surface area (Å²) in [4.78, 5) is 102. The van der Waals surface area contributed by atoms with Crippen molar-refractivity contribution in [3.8, 4) is 10.7 Å². The van der Waals surface area contributed by atoms with Gasteiger partial charge in [-0.05, 0) is 31.7 Å². The number of rotatable bonds is 26. The van der Waals surface area contributed by atoms with Crippen molar-refractivity contribution >= 4 is 74.8 Å². The lowest BCUT2D eigenvalue weighted by molar-refractivity contribution is -0.136. The summed E-state index contributed by atoms with van der Waals surface area (Å²) in [6.07, 6.45) is 3.36. The molecule has 16 N–H and O–H groups in total. The molecule has 8 atom stereocenters. The number of aliphatic hydroxyl groups excluding tert-OH is 3. The van der Waals surface area contributed by atoms with Crippen LogP contribution in [0.1, 0.15) is 76.4 Å². The monoisotopic (exact) mass is 1120 g/mol. The zero-order valence-corrected chi connectivity index (χ0v) is 42.8. The summed E-state index contributed by atoms with van der Waals surface area (Å²) in [6.45, 7) is 6.10. The van der Waals surface area contributed by atoms with Gasteiger partial charge >= 0.3 is 0 Å².